The van der Waals surface area contributed by atoms with Gasteiger partial charge in [-0.15, -0.1) is 0 Å². The molecule has 1 N–H and O–H groups in total. The monoisotopic (exact) mass is 301 g/mol. The highest BCUT2D eigenvalue weighted by Gasteiger charge is 2.22. The van der Waals surface area contributed by atoms with Gasteiger partial charge in [0.25, 0.3) is 5.91 Å². The van der Waals surface area contributed by atoms with E-state index in [0.717, 1.165) is 16.2 Å². The van der Waals surface area contributed by atoms with Crippen LogP contribution in [0.1, 0.15) is 9.67 Å². The van der Waals surface area contributed by atoms with Crippen molar-refractivity contribution in [1.29, 1.82) is 0 Å². The van der Waals surface area contributed by atoms with Crippen LogP contribution >= 0.6 is 11.3 Å². The van der Waals surface area contributed by atoms with Crippen molar-refractivity contribution in [2.45, 2.75) is 0 Å². The maximum absolute atomic E-state index is 12.2. The number of hydrogen-bond acceptors (Lipinski definition) is 6. The Bertz CT molecular complexity index is 514. The SMILES string of the molecule is CN(C)CCN(CC(=O)O)C(=O)c1ccc([N+](=O)[O-])s1. The lowest BCUT2D eigenvalue weighted by Gasteiger charge is -2.21. The number of nitro groups is 1. The zero-order valence-electron chi connectivity index (χ0n) is 11.1. The van der Waals surface area contributed by atoms with Crippen molar-refractivity contribution in [3.8, 4) is 0 Å². The van der Waals surface area contributed by atoms with Gasteiger partial charge in [-0.05, 0) is 20.2 Å². The number of nitrogens with zero attached hydrogens (tertiary/aromatic N) is 3. The summed E-state index contributed by atoms with van der Waals surface area (Å²) in [6.07, 6.45) is 0. The van der Waals surface area contributed by atoms with E-state index in [9.17, 15) is 19.7 Å². The van der Waals surface area contributed by atoms with Gasteiger partial charge in [0, 0.05) is 19.2 Å². The molecule has 20 heavy (non-hydrogen) atoms. The molecule has 1 heterocycles. The summed E-state index contributed by atoms with van der Waals surface area (Å²) in [6, 6.07) is 2.58. The van der Waals surface area contributed by atoms with Crippen LogP contribution in [-0.2, 0) is 4.79 Å². The van der Waals surface area contributed by atoms with Gasteiger partial charge in [0.05, 0.1) is 9.80 Å². The van der Waals surface area contributed by atoms with E-state index in [1.54, 1.807) is 14.1 Å². The number of carbonyl (C=O) groups is 2. The Kier molecular flexibility index (Phi) is 5.59. The molecule has 0 aromatic carbocycles. The fourth-order valence-corrected chi connectivity index (χ4v) is 2.22. The van der Waals surface area contributed by atoms with E-state index in [1.807, 2.05) is 4.90 Å². The molecule has 0 aliphatic rings. The number of thiophene rings is 1. The molecular formula is C11H15N3O5S. The van der Waals surface area contributed by atoms with E-state index in [4.69, 9.17) is 5.11 Å². The van der Waals surface area contributed by atoms with E-state index >= 15 is 0 Å². The minimum atomic E-state index is -1.12. The van der Waals surface area contributed by atoms with Crippen molar-refractivity contribution in [3.05, 3.63) is 27.1 Å². The van der Waals surface area contributed by atoms with E-state index in [2.05, 4.69) is 0 Å². The summed E-state index contributed by atoms with van der Waals surface area (Å²) in [5.74, 6) is -1.63. The second-order valence-electron chi connectivity index (χ2n) is 4.32. The molecule has 0 bridgehead atoms. The fraction of sp³-hybridized carbons (Fsp3) is 0.455. The first-order chi connectivity index (χ1) is 9.31. The number of amides is 1. The van der Waals surface area contributed by atoms with E-state index in [-0.39, 0.29) is 16.4 Å². The predicted molar refractivity (Wildman–Crippen MR) is 73.1 cm³/mol. The second-order valence-corrected chi connectivity index (χ2v) is 5.38. The average Bonchev–Trinajstić information content (AvgIpc) is 2.82. The highest BCUT2D eigenvalue weighted by molar-refractivity contribution is 7.17. The third-order valence-electron chi connectivity index (χ3n) is 2.41. The van der Waals surface area contributed by atoms with Gasteiger partial charge in [-0.1, -0.05) is 11.3 Å². The summed E-state index contributed by atoms with van der Waals surface area (Å²) in [5.41, 5.74) is 0. The molecule has 0 unspecified atom stereocenters. The largest absolute Gasteiger partial charge is 0.480 e. The Morgan fingerprint density at radius 2 is 2.00 bits per heavy atom. The molecular weight excluding hydrogens is 286 g/mol. The zero-order valence-corrected chi connectivity index (χ0v) is 11.9. The Balaban J connectivity index is 2.84. The number of aliphatic carboxylic acids is 1. The van der Waals surface area contributed by atoms with Gasteiger partial charge in [0.2, 0.25) is 0 Å². The molecule has 0 saturated carbocycles. The van der Waals surface area contributed by atoms with Crippen molar-refractivity contribution >= 4 is 28.2 Å². The molecule has 1 aromatic rings. The minimum Gasteiger partial charge on any atom is -0.480 e. The molecule has 8 nitrogen and oxygen atoms in total. The number of carboxylic acid groups (broad SMARTS) is 1. The molecule has 1 amide bonds. The predicted octanol–water partition coefficient (Wildman–Crippen LogP) is 0.745. The molecule has 1 rings (SSSR count). The molecule has 0 spiro atoms. The summed E-state index contributed by atoms with van der Waals surface area (Å²) in [4.78, 5) is 36.1. The summed E-state index contributed by atoms with van der Waals surface area (Å²) < 4.78 is 0. The normalized spacial score (nSPS) is 10.6. The van der Waals surface area contributed by atoms with Gasteiger partial charge in [0.15, 0.2) is 0 Å². The van der Waals surface area contributed by atoms with E-state index in [1.165, 1.54) is 12.1 Å². The second kappa shape index (κ2) is 6.96. The smallest absolute Gasteiger partial charge is 0.324 e. The lowest BCUT2D eigenvalue weighted by molar-refractivity contribution is -0.380. The maximum Gasteiger partial charge on any atom is 0.324 e. The first-order valence-corrected chi connectivity index (χ1v) is 6.53. The molecule has 1 aromatic heterocycles. The highest BCUT2D eigenvalue weighted by atomic mass is 32.1. The van der Waals surface area contributed by atoms with Gasteiger partial charge in [-0.3, -0.25) is 19.7 Å². The number of likely N-dealkylation sites (N-methyl/N-ethyl adjacent to an activating group) is 1. The Labute approximate surface area is 119 Å². The summed E-state index contributed by atoms with van der Waals surface area (Å²) in [6.45, 7) is 0.314. The lowest BCUT2D eigenvalue weighted by Crippen LogP contribution is -2.39. The summed E-state index contributed by atoms with van der Waals surface area (Å²) in [7, 11) is 3.61. The standard InChI is InChI=1S/C11H15N3O5S/c1-12(2)5-6-13(7-10(15)16)11(17)8-3-4-9(20-8)14(18)19/h3-4H,5-7H2,1-2H3,(H,15,16). The Morgan fingerprint density at radius 1 is 1.35 bits per heavy atom. The molecule has 0 fully saturated rings. The minimum absolute atomic E-state index is 0.142. The van der Waals surface area contributed by atoms with Gasteiger partial charge >= 0.3 is 11.0 Å². The number of carbonyl (C=O) groups excluding carboxylic acids is 1. The molecule has 0 aliphatic carbocycles. The van der Waals surface area contributed by atoms with Crippen LogP contribution in [0.15, 0.2) is 12.1 Å². The van der Waals surface area contributed by atoms with Gasteiger partial charge in [-0.25, -0.2) is 0 Å². The van der Waals surface area contributed by atoms with Gasteiger partial charge in [0.1, 0.15) is 6.54 Å². The lowest BCUT2D eigenvalue weighted by atomic mass is 10.3. The highest BCUT2D eigenvalue weighted by Crippen LogP contribution is 2.25. The third kappa shape index (κ3) is 4.59. The molecule has 9 heteroatoms. The summed E-state index contributed by atoms with van der Waals surface area (Å²) >= 11 is 0.742. The Morgan fingerprint density at radius 3 is 2.45 bits per heavy atom. The topological polar surface area (TPSA) is 104 Å². The molecule has 0 atom stereocenters. The number of carboxylic acids is 1. The van der Waals surface area contributed by atoms with Crippen LogP contribution in [0.25, 0.3) is 0 Å². The van der Waals surface area contributed by atoms with Crippen molar-refractivity contribution < 1.29 is 19.6 Å². The van der Waals surface area contributed by atoms with Crippen LogP contribution < -0.4 is 0 Å². The van der Waals surface area contributed by atoms with Crippen molar-refractivity contribution in [3.63, 3.8) is 0 Å². The Hall–Kier alpha value is -2.00. The first-order valence-electron chi connectivity index (χ1n) is 5.71. The van der Waals surface area contributed by atoms with Crippen LogP contribution in [0.3, 0.4) is 0 Å². The number of hydrogen-bond donors (Lipinski definition) is 1. The maximum atomic E-state index is 12.2. The van der Waals surface area contributed by atoms with E-state index in [0.29, 0.717) is 6.54 Å². The van der Waals surface area contributed by atoms with Gasteiger partial charge < -0.3 is 14.9 Å². The summed E-state index contributed by atoms with van der Waals surface area (Å²) in [5, 5.41) is 19.3. The first kappa shape index (κ1) is 16.1. The van der Waals surface area contributed by atoms with Gasteiger partial charge in [-0.2, -0.15) is 0 Å². The third-order valence-corrected chi connectivity index (χ3v) is 3.44. The quantitative estimate of drug-likeness (QED) is 0.588. The fourth-order valence-electron chi connectivity index (χ4n) is 1.43. The average molecular weight is 301 g/mol. The van der Waals surface area contributed by atoms with Crippen LogP contribution in [-0.4, -0.2) is 65.4 Å². The van der Waals surface area contributed by atoms with Crippen LogP contribution in [0, 0.1) is 10.1 Å². The molecule has 0 radical (unpaired) electrons. The van der Waals surface area contributed by atoms with Crippen LogP contribution in [0.2, 0.25) is 0 Å². The van der Waals surface area contributed by atoms with Crippen molar-refractivity contribution in [2.75, 3.05) is 33.7 Å². The number of rotatable bonds is 7. The van der Waals surface area contributed by atoms with Crippen molar-refractivity contribution in [2.24, 2.45) is 0 Å². The van der Waals surface area contributed by atoms with E-state index < -0.39 is 23.3 Å². The molecule has 110 valence electrons. The molecule has 0 aliphatic heterocycles. The molecule has 0 saturated heterocycles. The van der Waals surface area contributed by atoms with Crippen LogP contribution in [0.5, 0.6) is 0 Å². The van der Waals surface area contributed by atoms with Crippen LogP contribution in [0.4, 0.5) is 5.00 Å². The van der Waals surface area contributed by atoms with Crippen molar-refractivity contribution in [1.82, 2.24) is 9.80 Å². The zero-order chi connectivity index (χ0) is 15.3.